The second kappa shape index (κ2) is 9.17. The van der Waals surface area contributed by atoms with Gasteiger partial charge < -0.3 is 15.5 Å². The normalized spacial score (nSPS) is 18.2. The molecule has 1 aliphatic carbocycles. The quantitative estimate of drug-likeness (QED) is 0.449. The van der Waals surface area contributed by atoms with Gasteiger partial charge in [-0.2, -0.15) is 4.98 Å². The van der Waals surface area contributed by atoms with Crippen molar-refractivity contribution in [3.05, 3.63) is 64.2 Å². The maximum atomic E-state index is 12.6. The van der Waals surface area contributed by atoms with Crippen molar-refractivity contribution < 1.29 is 9.72 Å². The molecule has 1 aromatic heterocycles. The lowest BCUT2D eigenvalue weighted by Crippen LogP contribution is -2.40. The molecule has 1 aliphatic rings. The van der Waals surface area contributed by atoms with Gasteiger partial charge in [0, 0.05) is 37.6 Å². The first-order valence-electron chi connectivity index (χ1n) is 10.7. The summed E-state index contributed by atoms with van der Waals surface area (Å²) in [5.74, 6) is 1.06. The Labute approximate surface area is 186 Å². The van der Waals surface area contributed by atoms with E-state index in [9.17, 15) is 14.9 Å². The molecule has 1 fully saturated rings. The number of benzene rings is 2. The lowest BCUT2D eigenvalue weighted by atomic mass is 9.91. The summed E-state index contributed by atoms with van der Waals surface area (Å²) in [6.07, 6.45) is 3.24. The van der Waals surface area contributed by atoms with Gasteiger partial charge in [-0.3, -0.25) is 14.9 Å². The minimum absolute atomic E-state index is 0.0183. The lowest BCUT2D eigenvalue weighted by Gasteiger charge is -2.30. The van der Waals surface area contributed by atoms with Crippen LogP contribution in [0.5, 0.6) is 0 Å². The number of hydrogen-bond donors (Lipinski definition) is 2. The van der Waals surface area contributed by atoms with E-state index in [4.69, 9.17) is 4.98 Å². The van der Waals surface area contributed by atoms with Gasteiger partial charge in [0.2, 0.25) is 5.95 Å². The van der Waals surface area contributed by atoms with E-state index in [1.54, 1.807) is 12.1 Å². The fourth-order valence-corrected chi connectivity index (χ4v) is 4.12. The first kappa shape index (κ1) is 21.5. The number of carbonyl (C=O) groups is 1. The zero-order chi connectivity index (χ0) is 22.7. The van der Waals surface area contributed by atoms with E-state index in [-0.39, 0.29) is 23.3 Å². The fraction of sp³-hybridized carbons (Fsp3) is 0.348. The van der Waals surface area contributed by atoms with E-state index in [0.29, 0.717) is 5.95 Å². The van der Waals surface area contributed by atoms with Crippen molar-refractivity contribution in [1.82, 2.24) is 15.3 Å². The monoisotopic (exact) mass is 434 g/mol. The maximum Gasteiger partial charge on any atom is 0.282 e. The predicted octanol–water partition coefficient (Wildman–Crippen LogP) is 3.76. The zero-order valence-electron chi connectivity index (χ0n) is 18.1. The SMILES string of the molecule is CN(C)c1nc(NC2CCC(NC(=O)c3ccccc3[N+](=O)[O-])CC2)nc2ccccc12. The molecule has 0 unspecified atom stereocenters. The number of nitrogens with one attached hydrogen (secondary N) is 2. The number of nitro benzene ring substituents is 1. The lowest BCUT2D eigenvalue weighted by molar-refractivity contribution is -0.385. The van der Waals surface area contributed by atoms with Crippen LogP contribution in [0.4, 0.5) is 17.5 Å². The Bertz CT molecular complexity index is 1140. The van der Waals surface area contributed by atoms with Gasteiger partial charge in [-0.05, 0) is 43.9 Å². The van der Waals surface area contributed by atoms with Crippen LogP contribution in [0.1, 0.15) is 36.0 Å². The van der Waals surface area contributed by atoms with Gasteiger partial charge in [-0.15, -0.1) is 0 Å². The molecule has 0 spiro atoms. The molecule has 0 saturated heterocycles. The molecular weight excluding hydrogens is 408 g/mol. The molecule has 1 heterocycles. The molecule has 2 aromatic carbocycles. The summed E-state index contributed by atoms with van der Waals surface area (Å²) >= 11 is 0. The molecule has 9 nitrogen and oxygen atoms in total. The number of aromatic nitrogens is 2. The third-order valence-corrected chi connectivity index (χ3v) is 5.75. The number of anilines is 2. The van der Waals surface area contributed by atoms with E-state index in [1.165, 1.54) is 12.1 Å². The van der Waals surface area contributed by atoms with Gasteiger partial charge in [0.25, 0.3) is 11.6 Å². The van der Waals surface area contributed by atoms with Gasteiger partial charge >= 0.3 is 0 Å². The zero-order valence-corrected chi connectivity index (χ0v) is 18.1. The van der Waals surface area contributed by atoms with Crippen LogP contribution >= 0.6 is 0 Å². The van der Waals surface area contributed by atoms with Crippen molar-refractivity contribution in [2.75, 3.05) is 24.3 Å². The van der Waals surface area contributed by atoms with E-state index in [1.807, 2.05) is 43.3 Å². The number of hydrogen-bond acceptors (Lipinski definition) is 7. The van der Waals surface area contributed by atoms with Crippen LogP contribution in [0.2, 0.25) is 0 Å². The molecule has 2 N–H and O–H groups in total. The van der Waals surface area contributed by atoms with Gasteiger partial charge in [-0.1, -0.05) is 24.3 Å². The summed E-state index contributed by atoms with van der Waals surface area (Å²) in [7, 11) is 3.92. The van der Waals surface area contributed by atoms with Gasteiger partial charge in [0.1, 0.15) is 11.4 Å². The highest BCUT2D eigenvalue weighted by Gasteiger charge is 2.26. The number of rotatable bonds is 6. The Hall–Kier alpha value is -3.75. The number of carbonyl (C=O) groups excluding carboxylic acids is 1. The molecule has 1 saturated carbocycles. The molecule has 4 rings (SSSR count). The summed E-state index contributed by atoms with van der Waals surface area (Å²) in [6, 6.07) is 14.1. The largest absolute Gasteiger partial charge is 0.362 e. The van der Waals surface area contributed by atoms with Crippen LogP contribution in [-0.4, -0.2) is 47.0 Å². The van der Waals surface area contributed by atoms with Gasteiger partial charge in [0.05, 0.1) is 10.4 Å². The van der Waals surface area contributed by atoms with Crippen molar-refractivity contribution >= 4 is 34.3 Å². The van der Waals surface area contributed by atoms with Crippen LogP contribution in [0.25, 0.3) is 10.9 Å². The van der Waals surface area contributed by atoms with Gasteiger partial charge in [-0.25, -0.2) is 4.98 Å². The summed E-state index contributed by atoms with van der Waals surface area (Å²) in [5, 5.41) is 18.6. The molecule has 0 radical (unpaired) electrons. The Morgan fingerprint density at radius 2 is 1.66 bits per heavy atom. The van der Waals surface area contributed by atoms with Crippen molar-refractivity contribution in [3.63, 3.8) is 0 Å². The number of amides is 1. The topological polar surface area (TPSA) is 113 Å². The van der Waals surface area contributed by atoms with Crippen LogP contribution in [0.15, 0.2) is 48.5 Å². The van der Waals surface area contributed by atoms with Crippen LogP contribution in [-0.2, 0) is 0 Å². The summed E-state index contributed by atoms with van der Waals surface area (Å²) in [6.45, 7) is 0. The highest BCUT2D eigenvalue weighted by atomic mass is 16.6. The summed E-state index contributed by atoms with van der Waals surface area (Å²) < 4.78 is 0. The Morgan fingerprint density at radius 3 is 2.38 bits per heavy atom. The van der Waals surface area contributed by atoms with E-state index in [2.05, 4.69) is 15.6 Å². The maximum absolute atomic E-state index is 12.6. The highest BCUT2D eigenvalue weighted by Crippen LogP contribution is 2.27. The number of fused-ring (bicyclic) bond motifs is 1. The summed E-state index contributed by atoms with van der Waals surface area (Å²) in [4.78, 5) is 34.6. The van der Waals surface area contributed by atoms with Crippen LogP contribution in [0, 0.1) is 10.1 Å². The number of para-hydroxylation sites is 2. The van der Waals surface area contributed by atoms with Crippen molar-refractivity contribution in [2.24, 2.45) is 0 Å². The molecule has 32 heavy (non-hydrogen) atoms. The third-order valence-electron chi connectivity index (χ3n) is 5.75. The van der Waals surface area contributed by atoms with Crippen molar-refractivity contribution in [3.8, 4) is 0 Å². The fourth-order valence-electron chi connectivity index (χ4n) is 4.12. The second-order valence-electron chi connectivity index (χ2n) is 8.22. The predicted molar refractivity (Wildman–Crippen MR) is 124 cm³/mol. The molecule has 166 valence electrons. The smallest absolute Gasteiger partial charge is 0.282 e. The van der Waals surface area contributed by atoms with Crippen molar-refractivity contribution in [2.45, 2.75) is 37.8 Å². The molecular formula is C23H26N6O3. The Kier molecular flexibility index (Phi) is 6.16. The third kappa shape index (κ3) is 4.61. The molecule has 0 aliphatic heterocycles. The molecule has 1 amide bonds. The number of nitrogens with zero attached hydrogens (tertiary/aromatic N) is 4. The van der Waals surface area contributed by atoms with Crippen molar-refractivity contribution in [1.29, 1.82) is 0 Å². The highest BCUT2D eigenvalue weighted by molar-refractivity contribution is 5.98. The molecule has 0 atom stereocenters. The first-order valence-corrected chi connectivity index (χ1v) is 10.7. The van der Waals surface area contributed by atoms with Crippen LogP contribution in [0.3, 0.4) is 0 Å². The van der Waals surface area contributed by atoms with Gasteiger partial charge in [0.15, 0.2) is 0 Å². The Morgan fingerprint density at radius 1 is 1.00 bits per heavy atom. The van der Waals surface area contributed by atoms with E-state index < -0.39 is 10.8 Å². The molecule has 3 aromatic rings. The second-order valence-corrected chi connectivity index (χ2v) is 8.22. The van der Waals surface area contributed by atoms with E-state index >= 15 is 0 Å². The minimum atomic E-state index is -0.527. The Balaban J connectivity index is 1.39. The molecule has 9 heteroatoms. The summed E-state index contributed by atoms with van der Waals surface area (Å²) in [5.41, 5.74) is 0.808. The average molecular weight is 435 g/mol. The minimum Gasteiger partial charge on any atom is -0.362 e. The number of nitro groups is 1. The molecule has 0 bridgehead atoms. The first-order chi connectivity index (χ1) is 15.4. The standard InChI is InChI=1S/C23H26N6O3/c1-28(2)21-17-7-3-5-9-19(17)26-23(27-21)25-16-13-11-15(12-14-16)24-22(30)18-8-4-6-10-20(18)29(31)32/h3-10,15-16H,11-14H2,1-2H3,(H,24,30)(H,25,26,27). The average Bonchev–Trinajstić information content (AvgIpc) is 2.79. The van der Waals surface area contributed by atoms with E-state index in [0.717, 1.165) is 42.4 Å². The van der Waals surface area contributed by atoms with Crippen LogP contribution < -0.4 is 15.5 Å².